The molecule has 2 atom stereocenters. The van der Waals surface area contributed by atoms with Crippen LogP contribution in [0.1, 0.15) is 28.7 Å². The maximum absolute atomic E-state index is 13.9. The van der Waals surface area contributed by atoms with E-state index in [1.54, 1.807) is 31.9 Å². The quantitative estimate of drug-likeness (QED) is 0.713. The fourth-order valence-electron chi connectivity index (χ4n) is 4.12. The molecule has 0 spiro atoms. The highest BCUT2D eigenvalue weighted by Crippen LogP contribution is 2.35. The molecule has 1 aliphatic heterocycles. The van der Waals surface area contributed by atoms with Crippen LogP contribution in [0.5, 0.6) is 5.75 Å². The average Bonchev–Trinajstić information content (AvgIpc) is 2.65. The third kappa shape index (κ3) is 4.81. The molecule has 0 saturated carbocycles. The van der Waals surface area contributed by atoms with Gasteiger partial charge in [0, 0.05) is 24.3 Å². The van der Waals surface area contributed by atoms with E-state index < -0.39 is 23.2 Å². The number of benzene rings is 2. The molecule has 0 radical (unpaired) electrons. The molecule has 4 nitrogen and oxygen atoms in total. The van der Waals surface area contributed by atoms with Crippen LogP contribution in [0.15, 0.2) is 35.2 Å². The third-order valence-electron chi connectivity index (χ3n) is 5.36. The van der Waals surface area contributed by atoms with Crippen molar-refractivity contribution in [3.05, 3.63) is 52.6 Å². The van der Waals surface area contributed by atoms with Gasteiger partial charge >= 0.3 is 6.18 Å². The van der Waals surface area contributed by atoms with Crippen molar-refractivity contribution in [1.29, 1.82) is 0 Å². The first-order chi connectivity index (χ1) is 14.1. The smallest absolute Gasteiger partial charge is 0.406 e. The molecule has 0 aromatic heterocycles. The molecule has 0 saturated heterocycles. The molecule has 0 fully saturated rings. The van der Waals surface area contributed by atoms with Gasteiger partial charge in [0.25, 0.3) is 0 Å². The van der Waals surface area contributed by atoms with Gasteiger partial charge in [-0.05, 0) is 56.9 Å². The Morgan fingerprint density at radius 3 is 2.47 bits per heavy atom. The summed E-state index contributed by atoms with van der Waals surface area (Å²) in [6, 6.07) is 7.14. The number of ether oxygens (including phenoxy) is 1. The summed E-state index contributed by atoms with van der Waals surface area (Å²) in [6.07, 6.45) is -3.05. The summed E-state index contributed by atoms with van der Waals surface area (Å²) in [5, 5.41) is 0. The lowest BCUT2D eigenvalue weighted by Crippen LogP contribution is -2.51. The van der Waals surface area contributed by atoms with E-state index in [-0.39, 0.29) is 6.54 Å². The predicted octanol–water partition coefficient (Wildman–Crippen LogP) is 4.62. The van der Waals surface area contributed by atoms with Gasteiger partial charge in [-0.3, -0.25) is 0 Å². The lowest BCUT2D eigenvalue weighted by Gasteiger charge is -2.35. The molecule has 164 valence electrons. The van der Waals surface area contributed by atoms with E-state index in [1.165, 1.54) is 0 Å². The lowest BCUT2D eigenvalue weighted by molar-refractivity contribution is -0.148. The lowest BCUT2D eigenvalue weighted by atomic mass is 10.00. The largest absolute Gasteiger partial charge is 0.496 e. The Bertz CT molecular complexity index is 923. The van der Waals surface area contributed by atoms with Gasteiger partial charge in [0.05, 0.1) is 12.0 Å². The molecule has 2 unspecified atom stereocenters. The zero-order valence-corrected chi connectivity index (χ0v) is 18.4. The first-order valence-electron chi connectivity index (χ1n) is 9.85. The number of anilines is 1. The van der Waals surface area contributed by atoms with Crippen LogP contribution < -0.4 is 14.4 Å². The second-order valence-corrected chi connectivity index (χ2v) is 8.90. The highest BCUT2D eigenvalue weighted by Gasteiger charge is 2.42. The molecule has 2 aromatic rings. The van der Waals surface area contributed by atoms with Crippen LogP contribution in [0.25, 0.3) is 0 Å². The van der Waals surface area contributed by atoms with E-state index in [1.807, 2.05) is 31.2 Å². The number of nitrogens with zero attached hydrogens (tertiary/aromatic N) is 1. The highest BCUT2D eigenvalue weighted by atomic mass is 32.2. The Hall–Kier alpha value is -2.06. The van der Waals surface area contributed by atoms with Crippen molar-refractivity contribution < 1.29 is 22.1 Å². The van der Waals surface area contributed by atoms with E-state index in [0.717, 1.165) is 29.7 Å². The first-order valence-corrected chi connectivity index (χ1v) is 11.0. The number of nitrogens with one attached hydrogen (secondary N) is 1. The van der Waals surface area contributed by atoms with Crippen LogP contribution in [-0.4, -0.2) is 36.6 Å². The van der Waals surface area contributed by atoms with Crippen molar-refractivity contribution in [2.24, 2.45) is 0 Å². The van der Waals surface area contributed by atoms with Gasteiger partial charge < -0.3 is 9.64 Å². The summed E-state index contributed by atoms with van der Waals surface area (Å²) in [6.45, 7) is 5.62. The molecular formula is C22H27F3N2O2S. The summed E-state index contributed by atoms with van der Waals surface area (Å²) < 4.78 is 62.3. The molecular weight excluding hydrogens is 413 g/mol. The average molecular weight is 441 g/mol. The van der Waals surface area contributed by atoms with Gasteiger partial charge in [-0.25, -0.2) is 8.93 Å². The third-order valence-corrected chi connectivity index (χ3v) is 6.87. The predicted molar refractivity (Wildman–Crippen MR) is 114 cm³/mol. The highest BCUT2D eigenvalue weighted by molar-refractivity contribution is 7.83. The van der Waals surface area contributed by atoms with Gasteiger partial charge in [0.15, 0.2) is 0 Å². The van der Waals surface area contributed by atoms with Crippen LogP contribution in [-0.2, 0) is 17.4 Å². The molecule has 3 rings (SSSR count). The topological polar surface area (TPSA) is 41.6 Å². The van der Waals surface area contributed by atoms with Crippen molar-refractivity contribution >= 4 is 16.7 Å². The minimum absolute atomic E-state index is 0.320. The van der Waals surface area contributed by atoms with Crippen molar-refractivity contribution in [1.82, 2.24) is 4.72 Å². The first kappa shape index (κ1) is 22.6. The zero-order valence-electron chi connectivity index (χ0n) is 17.6. The summed E-state index contributed by atoms with van der Waals surface area (Å²) in [5.41, 5.74) is 4.07. The van der Waals surface area contributed by atoms with Crippen LogP contribution in [0, 0.1) is 20.8 Å². The standard InChI is InChI=1S/C22H27F3N2O2S/c1-14-11-15(2)21(16(3)12-14)30(28)26-20(22(23,24)25)13-27-10-6-7-17-18(27)8-5-9-19(17)29-4/h5,8-9,11-12,20,26H,6-7,10,13H2,1-4H3. The van der Waals surface area contributed by atoms with Crippen LogP contribution in [0.2, 0.25) is 0 Å². The van der Waals surface area contributed by atoms with Crippen LogP contribution in [0.3, 0.4) is 0 Å². The van der Waals surface area contributed by atoms with E-state index in [9.17, 15) is 17.4 Å². The van der Waals surface area contributed by atoms with Crippen molar-refractivity contribution in [2.45, 2.75) is 50.7 Å². The van der Waals surface area contributed by atoms with Gasteiger partial charge in [0.1, 0.15) is 22.8 Å². The summed E-state index contributed by atoms with van der Waals surface area (Å²) in [7, 11) is -0.421. The van der Waals surface area contributed by atoms with E-state index in [4.69, 9.17) is 4.74 Å². The number of hydrogen-bond donors (Lipinski definition) is 1. The van der Waals surface area contributed by atoms with Gasteiger partial charge in [-0.15, -0.1) is 0 Å². The van der Waals surface area contributed by atoms with Crippen molar-refractivity contribution in [3.8, 4) is 5.75 Å². The maximum atomic E-state index is 13.9. The van der Waals surface area contributed by atoms with Gasteiger partial charge in [-0.1, -0.05) is 23.8 Å². The normalized spacial score (nSPS) is 16.2. The second-order valence-electron chi connectivity index (χ2n) is 7.72. The Balaban J connectivity index is 1.87. The Labute approximate surface area is 178 Å². The molecule has 0 aliphatic carbocycles. The molecule has 0 bridgehead atoms. The van der Waals surface area contributed by atoms with Crippen LogP contribution >= 0.6 is 0 Å². The van der Waals surface area contributed by atoms with Gasteiger partial charge in [-0.2, -0.15) is 13.2 Å². The van der Waals surface area contributed by atoms with Crippen LogP contribution in [0.4, 0.5) is 18.9 Å². The van der Waals surface area contributed by atoms with Gasteiger partial charge in [0.2, 0.25) is 0 Å². The number of aryl methyl sites for hydroxylation is 3. The molecule has 8 heteroatoms. The Morgan fingerprint density at radius 2 is 1.87 bits per heavy atom. The van der Waals surface area contributed by atoms with Crippen molar-refractivity contribution in [2.75, 3.05) is 25.1 Å². The second kappa shape index (κ2) is 8.98. The number of hydrogen-bond acceptors (Lipinski definition) is 3. The summed E-state index contributed by atoms with van der Waals surface area (Å²) in [4.78, 5) is 2.12. The van der Waals surface area contributed by atoms with E-state index in [0.29, 0.717) is 28.3 Å². The zero-order chi connectivity index (χ0) is 22.1. The summed E-state index contributed by atoms with van der Waals surface area (Å²) >= 11 is 0. The number of alkyl halides is 3. The number of fused-ring (bicyclic) bond motifs is 1. The molecule has 30 heavy (non-hydrogen) atoms. The molecule has 2 aromatic carbocycles. The Morgan fingerprint density at radius 1 is 1.20 bits per heavy atom. The van der Waals surface area contributed by atoms with Crippen molar-refractivity contribution in [3.63, 3.8) is 0 Å². The van der Waals surface area contributed by atoms with E-state index in [2.05, 4.69) is 4.72 Å². The molecule has 0 amide bonds. The minimum atomic E-state index is -4.54. The molecule has 1 N–H and O–H groups in total. The SMILES string of the molecule is COc1cccc2c1CCCN2CC(NS(=O)c1c(C)cc(C)cc1C)C(F)(F)F. The molecule has 1 heterocycles. The minimum Gasteiger partial charge on any atom is -0.496 e. The fraction of sp³-hybridized carbons (Fsp3) is 0.455. The number of halogens is 3. The number of methoxy groups -OCH3 is 1. The monoisotopic (exact) mass is 440 g/mol. The van der Waals surface area contributed by atoms with E-state index >= 15 is 0 Å². The number of rotatable bonds is 6. The maximum Gasteiger partial charge on any atom is 0.406 e. The summed E-state index contributed by atoms with van der Waals surface area (Å²) in [5.74, 6) is 0.684. The fourth-order valence-corrected chi connectivity index (χ4v) is 5.41. The Kier molecular flexibility index (Phi) is 6.77. The molecule has 1 aliphatic rings.